The van der Waals surface area contributed by atoms with Crippen LogP contribution in [0.2, 0.25) is 0 Å². The number of methoxy groups -OCH3 is 1. The van der Waals surface area contributed by atoms with Gasteiger partial charge in [0.2, 0.25) is 5.91 Å². The highest BCUT2D eigenvalue weighted by molar-refractivity contribution is 5.84. The minimum Gasteiger partial charge on any atom is -0.469 e. The van der Waals surface area contributed by atoms with Crippen LogP contribution in [0.25, 0.3) is 0 Å². The quantitative estimate of drug-likeness (QED) is 0.677. The van der Waals surface area contributed by atoms with E-state index in [1.165, 1.54) is 13.4 Å². The highest BCUT2D eigenvalue weighted by Crippen LogP contribution is 2.03. The van der Waals surface area contributed by atoms with Gasteiger partial charge in [0.05, 0.1) is 20.0 Å². The predicted molar refractivity (Wildman–Crippen MR) is 58.1 cm³/mol. The molecule has 6 nitrogen and oxygen atoms in total. The van der Waals surface area contributed by atoms with Gasteiger partial charge in [-0.15, -0.1) is 0 Å². The van der Waals surface area contributed by atoms with Crippen LogP contribution in [0.5, 0.6) is 0 Å². The van der Waals surface area contributed by atoms with Crippen molar-refractivity contribution in [3.8, 4) is 0 Å². The number of nitrogens with one attached hydrogen (secondary N) is 1. The van der Waals surface area contributed by atoms with Crippen molar-refractivity contribution >= 4 is 11.9 Å². The number of amides is 1. The summed E-state index contributed by atoms with van der Waals surface area (Å²) in [4.78, 5) is 22.6. The fraction of sp³-hybridized carbons (Fsp3) is 0.455. The van der Waals surface area contributed by atoms with Crippen LogP contribution < -0.4 is 5.32 Å². The number of ether oxygens (including phenoxy) is 1. The summed E-state index contributed by atoms with van der Waals surface area (Å²) in [5.41, 5.74) is 0. The lowest BCUT2D eigenvalue weighted by Gasteiger charge is -2.13. The van der Waals surface area contributed by atoms with Crippen molar-refractivity contribution in [3.05, 3.63) is 24.2 Å². The van der Waals surface area contributed by atoms with Crippen molar-refractivity contribution in [2.45, 2.75) is 18.9 Å². The number of esters is 1. The lowest BCUT2D eigenvalue weighted by Crippen LogP contribution is -2.44. The lowest BCUT2D eigenvalue weighted by atomic mass is 10.2. The standard InChI is InChI=1S/C11H15NO5/c1-16-11(15)9(7-13)12-10(14)5-4-8-3-2-6-17-8/h2-3,6,9,13H,4-5,7H2,1H3,(H,12,14). The molecule has 1 aromatic heterocycles. The van der Waals surface area contributed by atoms with Crippen LogP contribution in [0, 0.1) is 0 Å². The molecule has 1 atom stereocenters. The van der Waals surface area contributed by atoms with Crippen LogP contribution in [0.3, 0.4) is 0 Å². The van der Waals surface area contributed by atoms with E-state index in [2.05, 4.69) is 10.1 Å². The van der Waals surface area contributed by atoms with Gasteiger partial charge in [-0.1, -0.05) is 0 Å². The minimum atomic E-state index is -1.01. The molecule has 0 spiro atoms. The highest BCUT2D eigenvalue weighted by Gasteiger charge is 2.20. The summed E-state index contributed by atoms with van der Waals surface area (Å²) < 4.78 is 9.49. The van der Waals surface area contributed by atoms with Crippen molar-refractivity contribution in [2.75, 3.05) is 13.7 Å². The first kappa shape index (κ1) is 13.2. The molecule has 0 bridgehead atoms. The van der Waals surface area contributed by atoms with E-state index in [-0.39, 0.29) is 12.3 Å². The molecule has 1 amide bonds. The van der Waals surface area contributed by atoms with Crippen LogP contribution in [0.1, 0.15) is 12.2 Å². The summed E-state index contributed by atoms with van der Waals surface area (Å²) in [6, 6.07) is 2.49. The molecule has 2 N–H and O–H groups in total. The first-order valence-electron chi connectivity index (χ1n) is 5.17. The van der Waals surface area contributed by atoms with Crippen LogP contribution in [0.4, 0.5) is 0 Å². The number of aliphatic hydroxyl groups is 1. The maximum Gasteiger partial charge on any atom is 0.330 e. The number of hydrogen-bond donors (Lipinski definition) is 2. The van der Waals surface area contributed by atoms with Gasteiger partial charge in [0.25, 0.3) is 0 Å². The second-order valence-electron chi connectivity index (χ2n) is 3.41. The van der Waals surface area contributed by atoms with Crippen LogP contribution >= 0.6 is 0 Å². The Labute approximate surface area is 98.6 Å². The molecule has 0 saturated carbocycles. The molecule has 6 heteroatoms. The van der Waals surface area contributed by atoms with Gasteiger partial charge in [-0.25, -0.2) is 4.79 Å². The van der Waals surface area contributed by atoms with Gasteiger partial charge < -0.3 is 19.6 Å². The van der Waals surface area contributed by atoms with Gasteiger partial charge in [-0.2, -0.15) is 0 Å². The molecule has 0 radical (unpaired) electrons. The zero-order chi connectivity index (χ0) is 12.7. The second-order valence-corrected chi connectivity index (χ2v) is 3.41. The highest BCUT2D eigenvalue weighted by atomic mass is 16.5. The maximum absolute atomic E-state index is 11.5. The molecule has 0 aliphatic carbocycles. The van der Waals surface area contributed by atoms with Gasteiger partial charge >= 0.3 is 5.97 Å². The van der Waals surface area contributed by atoms with Gasteiger partial charge in [0, 0.05) is 12.8 Å². The van der Waals surface area contributed by atoms with E-state index in [9.17, 15) is 9.59 Å². The molecule has 0 aromatic carbocycles. The molecule has 0 aliphatic rings. The third-order valence-electron chi connectivity index (χ3n) is 2.18. The third-order valence-corrected chi connectivity index (χ3v) is 2.18. The normalized spacial score (nSPS) is 11.9. The molecule has 1 rings (SSSR count). The van der Waals surface area contributed by atoms with Gasteiger partial charge in [0.15, 0.2) is 6.04 Å². The molecule has 17 heavy (non-hydrogen) atoms. The molecule has 1 aromatic rings. The predicted octanol–water partition coefficient (Wildman–Crippen LogP) is -0.138. The van der Waals surface area contributed by atoms with Crippen molar-refractivity contribution in [3.63, 3.8) is 0 Å². The van der Waals surface area contributed by atoms with E-state index in [1.54, 1.807) is 12.1 Å². The van der Waals surface area contributed by atoms with Crippen molar-refractivity contribution in [1.82, 2.24) is 5.32 Å². The molecular weight excluding hydrogens is 226 g/mol. The number of aryl methyl sites for hydroxylation is 1. The molecule has 0 saturated heterocycles. The Hall–Kier alpha value is -1.82. The zero-order valence-corrected chi connectivity index (χ0v) is 9.51. The van der Waals surface area contributed by atoms with Crippen molar-refractivity contribution < 1.29 is 23.8 Å². The zero-order valence-electron chi connectivity index (χ0n) is 9.51. The number of aliphatic hydroxyl groups excluding tert-OH is 1. The molecule has 94 valence electrons. The largest absolute Gasteiger partial charge is 0.469 e. The average molecular weight is 241 g/mol. The van der Waals surface area contributed by atoms with E-state index in [4.69, 9.17) is 9.52 Å². The molecule has 1 unspecified atom stereocenters. The summed E-state index contributed by atoms with van der Waals surface area (Å²) >= 11 is 0. The van der Waals surface area contributed by atoms with E-state index in [1.807, 2.05) is 0 Å². The summed E-state index contributed by atoms with van der Waals surface area (Å²) in [5.74, 6) is -0.316. The summed E-state index contributed by atoms with van der Waals surface area (Å²) in [6.07, 6.45) is 2.15. The fourth-order valence-electron chi connectivity index (χ4n) is 1.28. The fourth-order valence-corrected chi connectivity index (χ4v) is 1.28. The van der Waals surface area contributed by atoms with E-state index in [0.717, 1.165) is 0 Å². The SMILES string of the molecule is COC(=O)C(CO)NC(=O)CCc1ccco1. The minimum absolute atomic E-state index is 0.182. The van der Waals surface area contributed by atoms with E-state index >= 15 is 0 Å². The van der Waals surface area contributed by atoms with Gasteiger partial charge in [-0.3, -0.25) is 4.79 Å². The summed E-state index contributed by atoms with van der Waals surface area (Å²) in [5, 5.41) is 11.3. The number of furan rings is 1. The Morgan fingerprint density at radius 3 is 2.88 bits per heavy atom. The molecular formula is C11H15NO5. The molecule has 1 heterocycles. The first-order valence-corrected chi connectivity index (χ1v) is 5.17. The third kappa shape index (κ3) is 4.28. The first-order chi connectivity index (χ1) is 8.17. The summed E-state index contributed by atoms with van der Waals surface area (Å²) in [7, 11) is 1.19. The van der Waals surface area contributed by atoms with Gasteiger partial charge in [0.1, 0.15) is 5.76 Å². The van der Waals surface area contributed by atoms with Crippen molar-refractivity contribution in [1.29, 1.82) is 0 Å². The topological polar surface area (TPSA) is 88.8 Å². The monoisotopic (exact) mass is 241 g/mol. The Balaban J connectivity index is 2.35. The van der Waals surface area contributed by atoms with Crippen molar-refractivity contribution in [2.24, 2.45) is 0 Å². The Kier molecular flexibility index (Phi) is 5.22. The maximum atomic E-state index is 11.5. The molecule has 0 fully saturated rings. The smallest absolute Gasteiger partial charge is 0.330 e. The van der Waals surface area contributed by atoms with E-state index < -0.39 is 18.6 Å². The second kappa shape index (κ2) is 6.70. The van der Waals surface area contributed by atoms with E-state index in [0.29, 0.717) is 12.2 Å². The van der Waals surface area contributed by atoms with Crippen LogP contribution in [0.15, 0.2) is 22.8 Å². The van der Waals surface area contributed by atoms with Gasteiger partial charge in [-0.05, 0) is 12.1 Å². The Morgan fingerprint density at radius 1 is 1.59 bits per heavy atom. The number of carbonyl (C=O) groups is 2. The number of carbonyl (C=O) groups excluding carboxylic acids is 2. The molecule has 0 aliphatic heterocycles. The van der Waals surface area contributed by atoms with Crippen LogP contribution in [-0.2, 0) is 20.7 Å². The van der Waals surface area contributed by atoms with Crippen LogP contribution in [-0.4, -0.2) is 36.7 Å². The Bertz CT molecular complexity index is 360. The summed E-state index contributed by atoms with van der Waals surface area (Å²) in [6.45, 7) is -0.487. The average Bonchev–Trinajstić information content (AvgIpc) is 2.85. The number of hydrogen-bond acceptors (Lipinski definition) is 5. The Morgan fingerprint density at radius 2 is 2.35 bits per heavy atom. The lowest BCUT2D eigenvalue weighted by molar-refractivity contribution is -0.146. The number of rotatable bonds is 6.